The van der Waals surface area contributed by atoms with Crippen molar-refractivity contribution in [3.05, 3.63) is 29.1 Å². The predicted molar refractivity (Wildman–Crippen MR) is 78.6 cm³/mol. The van der Waals surface area contributed by atoms with Gasteiger partial charge in [0, 0.05) is 16.5 Å². The molecule has 1 heterocycles. The standard InChI is InChI=1S/C14H15NO4S/c1-17-8-4-5-9(11(6-8)18-2)12-7-10(15)13(20-12)14(16)19-3/h4-7H,15H2,1-3H3. The monoisotopic (exact) mass is 293 g/mol. The second-order valence-electron chi connectivity index (χ2n) is 3.95. The highest BCUT2D eigenvalue weighted by atomic mass is 32.1. The molecule has 0 bridgehead atoms. The summed E-state index contributed by atoms with van der Waals surface area (Å²) in [6, 6.07) is 7.21. The van der Waals surface area contributed by atoms with Crippen LogP contribution < -0.4 is 15.2 Å². The minimum atomic E-state index is -0.439. The Labute approximate surface area is 120 Å². The number of esters is 1. The molecule has 1 aromatic heterocycles. The van der Waals surface area contributed by atoms with E-state index in [-0.39, 0.29) is 0 Å². The molecule has 0 aliphatic rings. The van der Waals surface area contributed by atoms with E-state index in [0.29, 0.717) is 22.1 Å². The van der Waals surface area contributed by atoms with Gasteiger partial charge < -0.3 is 19.9 Å². The lowest BCUT2D eigenvalue weighted by molar-refractivity contribution is 0.0607. The number of hydrogen-bond donors (Lipinski definition) is 1. The summed E-state index contributed by atoms with van der Waals surface area (Å²) < 4.78 is 15.2. The summed E-state index contributed by atoms with van der Waals surface area (Å²) in [4.78, 5) is 12.8. The van der Waals surface area contributed by atoms with Crippen LogP contribution in [0.25, 0.3) is 10.4 Å². The maximum Gasteiger partial charge on any atom is 0.350 e. The first kappa shape index (κ1) is 14.2. The molecule has 2 N–H and O–H groups in total. The van der Waals surface area contributed by atoms with Gasteiger partial charge in [-0.1, -0.05) is 0 Å². The molecule has 0 aliphatic carbocycles. The van der Waals surface area contributed by atoms with E-state index in [2.05, 4.69) is 0 Å². The van der Waals surface area contributed by atoms with Crippen molar-refractivity contribution in [2.24, 2.45) is 0 Å². The maximum absolute atomic E-state index is 11.6. The summed E-state index contributed by atoms with van der Waals surface area (Å²) >= 11 is 1.27. The van der Waals surface area contributed by atoms with Crippen molar-refractivity contribution in [1.29, 1.82) is 0 Å². The zero-order chi connectivity index (χ0) is 14.7. The van der Waals surface area contributed by atoms with Gasteiger partial charge in [0.2, 0.25) is 0 Å². The number of ether oxygens (including phenoxy) is 3. The average molecular weight is 293 g/mol. The molecular weight excluding hydrogens is 278 g/mol. The molecule has 0 amide bonds. The number of anilines is 1. The average Bonchev–Trinajstić information content (AvgIpc) is 2.87. The summed E-state index contributed by atoms with van der Waals surface area (Å²) in [5.74, 6) is 0.913. The molecule has 2 aromatic rings. The number of carbonyl (C=O) groups excluding carboxylic acids is 1. The number of methoxy groups -OCH3 is 3. The number of nitrogen functional groups attached to an aromatic ring is 1. The number of nitrogens with two attached hydrogens (primary N) is 1. The van der Waals surface area contributed by atoms with E-state index in [1.165, 1.54) is 18.4 Å². The fourth-order valence-electron chi connectivity index (χ4n) is 1.79. The van der Waals surface area contributed by atoms with Gasteiger partial charge in [-0.15, -0.1) is 11.3 Å². The van der Waals surface area contributed by atoms with Gasteiger partial charge in [0.25, 0.3) is 0 Å². The minimum absolute atomic E-state index is 0.389. The Balaban J connectivity index is 2.49. The Bertz CT molecular complexity index is 636. The highest BCUT2D eigenvalue weighted by Gasteiger charge is 2.17. The number of benzene rings is 1. The van der Waals surface area contributed by atoms with Crippen LogP contribution >= 0.6 is 11.3 Å². The minimum Gasteiger partial charge on any atom is -0.497 e. The number of hydrogen-bond acceptors (Lipinski definition) is 6. The van der Waals surface area contributed by atoms with Crippen molar-refractivity contribution in [3.8, 4) is 21.9 Å². The van der Waals surface area contributed by atoms with Crippen LogP contribution in [0.2, 0.25) is 0 Å². The van der Waals surface area contributed by atoms with Gasteiger partial charge in [0.15, 0.2) is 0 Å². The van der Waals surface area contributed by atoms with Crippen LogP contribution in [0.4, 0.5) is 5.69 Å². The fraction of sp³-hybridized carbons (Fsp3) is 0.214. The maximum atomic E-state index is 11.6. The SMILES string of the molecule is COC(=O)c1sc(-c2ccc(OC)cc2OC)cc1N. The normalized spacial score (nSPS) is 10.2. The molecule has 2 rings (SSSR count). The second-order valence-corrected chi connectivity index (χ2v) is 5.01. The molecule has 0 unspecified atom stereocenters. The van der Waals surface area contributed by atoms with Crippen molar-refractivity contribution in [1.82, 2.24) is 0 Å². The third-order valence-electron chi connectivity index (χ3n) is 2.81. The lowest BCUT2D eigenvalue weighted by Crippen LogP contribution is -2.00. The summed E-state index contributed by atoms with van der Waals surface area (Å²) in [5, 5.41) is 0. The molecule has 1 aromatic carbocycles. The molecule has 0 saturated carbocycles. The van der Waals surface area contributed by atoms with Crippen LogP contribution in [-0.4, -0.2) is 27.3 Å². The fourth-order valence-corrected chi connectivity index (χ4v) is 2.82. The van der Waals surface area contributed by atoms with E-state index >= 15 is 0 Å². The van der Waals surface area contributed by atoms with Crippen LogP contribution in [0.1, 0.15) is 9.67 Å². The Kier molecular flexibility index (Phi) is 4.14. The largest absolute Gasteiger partial charge is 0.497 e. The summed E-state index contributed by atoms with van der Waals surface area (Å²) in [7, 11) is 4.50. The molecule has 5 nitrogen and oxygen atoms in total. The quantitative estimate of drug-likeness (QED) is 0.878. The van der Waals surface area contributed by atoms with E-state index in [1.807, 2.05) is 12.1 Å². The van der Waals surface area contributed by atoms with Gasteiger partial charge in [-0.2, -0.15) is 0 Å². The van der Waals surface area contributed by atoms with Crippen molar-refractivity contribution >= 4 is 23.0 Å². The lowest BCUT2D eigenvalue weighted by atomic mass is 10.1. The highest BCUT2D eigenvalue weighted by molar-refractivity contribution is 7.18. The second kappa shape index (κ2) is 5.83. The van der Waals surface area contributed by atoms with Crippen LogP contribution in [0.5, 0.6) is 11.5 Å². The van der Waals surface area contributed by atoms with Crippen molar-refractivity contribution in [2.75, 3.05) is 27.1 Å². The van der Waals surface area contributed by atoms with E-state index in [4.69, 9.17) is 19.9 Å². The summed E-state index contributed by atoms with van der Waals surface area (Å²) in [6.45, 7) is 0. The van der Waals surface area contributed by atoms with Crippen LogP contribution in [0.15, 0.2) is 24.3 Å². The molecule has 0 saturated heterocycles. The van der Waals surface area contributed by atoms with Crippen molar-refractivity contribution in [3.63, 3.8) is 0 Å². The first-order valence-electron chi connectivity index (χ1n) is 5.80. The van der Waals surface area contributed by atoms with Crippen molar-refractivity contribution < 1.29 is 19.0 Å². The molecule has 0 spiro atoms. The molecule has 0 fully saturated rings. The van der Waals surface area contributed by atoms with Gasteiger partial charge in [-0.05, 0) is 18.2 Å². The zero-order valence-electron chi connectivity index (χ0n) is 11.4. The zero-order valence-corrected chi connectivity index (χ0v) is 12.2. The molecule has 6 heteroatoms. The molecule has 0 aliphatic heterocycles. The van der Waals surface area contributed by atoms with Gasteiger partial charge in [-0.3, -0.25) is 0 Å². The first-order chi connectivity index (χ1) is 9.60. The third-order valence-corrected chi connectivity index (χ3v) is 3.97. The molecule has 0 radical (unpaired) electrons. The van der Waals surface area contributed by atoms with Crippen LogP contribution in [0.3, 0.4) is 0 Å². The van der Waals surface area contributed by atoms with E-state index < -0.39 is 5.97 Å². The number of rotatable bonds is 4. The Morgan fingerprint density at radius 2 is 1.90 bits per heavy atom. The molecule has 106 valence electrons. The third kappa shape index (κ3) is 2.55. The Morgan fingerprint density at radius 1 is 1.15 bits per heavy atom. The highest BCUT2D eigenvalue weighted by Crippen LogP contribution is 2.39. The molecule has 20 heavy (non-hydrogen) atoms. The first-order valence-corrected chi connectivity index (χ1v) is 6.62. The molecular formula is C14H15NO4S. The Morgan fingerprint density at radius 3 is 2.50 bits per heavy atom. The number of carbonyl (C=O) groups is 1. The van der Waals surface area contributed by atoms with Crippen LogP contribution in [0, 0.1) is 0 Å². The topological polar surface area (TPSA) is 70.8 Å². The van der Waals surface area contributed by atoms with E-state index in [9.17, 15) is 4.79 Å². The van der Waals surface area contributed by atoms with Gasteiger partial charge in [-0.25, -0.2) is 4.79 Å². The molecule has 0 atom stereocenters. The van der Waals surface area contributed by atoms with E-state index in [1.54, 1.807) is 26.4 Å². The summed E-state index contributed by atoms with van der Waals surface area (Å²) in [5.41, 5.74) is 7.09. The van der Waals surface area contributed by atoms with Gasteiger partial charge in [0.05, 0.1) is 27.0 Å². The smallest absolute Gasteiger partial charge is 0.350 e. The Hall–Kier alpha value is -2.21. The van der Waals surface area contributed by atoms with Crippen molar-refractivity contribution in [2.45, 2.75) is 0 Å². The number of thiophene rings is 1. The predicted octanol–water partition coefficient (Wildman–Crippen LogP) is 2.80. The van der Waals surface area contributed by atoms with Gasteiger partial charge in [0.1, 0.15) is 16.4 Å². The lowest BCUT2D eigenvalue weighted by Gasteiger charge is -2.08. The van der Waals surface area contributed by atoms with Gasteiger partial charge >= 0.3 is 5.97 Å². The summed E-state index contributed by atoms with van der Waals surface area (Å²) in [6.07, 6.45) is 0. The van der Waals surface area contributed by atoms with E-state index in [0.717, 1.165) is 10.4 Å². The van der Waals surface area contributed by atoms with Crippen LogP contribution in [-0.2, 0) is 4.74 Å².